The summed E-state index contributed by atoms with van der Waals surface area (Å²) in [7, 11) is 9.99. The second-order valence-electron chi connectivity index (χ2n) is 27.5. The van der Waals surface area contributed by atoms with E-state index in [1.807, 2.05) is 24.3 Å². The molecule has 0 saturated heterocycles. The first kappa shape index (κ1) is 94.7. The number of ether oxygens (including phenoxy) is 3. The Hall–Kier alpha value is -8.49. The standard InChI is InChI=1S/2C27H39N3O5S.C14H20N2O6S.C12H20N2/c2*1-20-18-24(35-6)19-21(2)26(20)36(33,34)30(5)17-15-28-27(32)25(31)14-13-23-11-9-22(10-12-23)8-7-16-29(3)4;1-9-7-11(22-4)8-10(2)12(9)23(20,21)16(3)6-5-15-13(17)14(18)19;1-14(2)9-3-4-11-5-7-12(10-13)8-6-11/h2*9-12,18-19H,7-8,13-17H2,1-6H3,(H,28,32);7-8H,5-6H2,1-4H3,(H,15,17)(H,18,19);5-8H,3-4,9-10,13H2,1-2H3. The van der Waals surface area contributed by atoms with Gasteiger partial charge in [-0.05, 0) is 258 Å². The van der Waals surface area contributed by atoms with E-state index in [0.717, 1.165) is 67.2 Å². The number of Topliss-reactive ketones (excluding diaryl/α,β-unsaturated/α-hetero) is 2. The highest BCUT2D eigenvalue weighted by Gasteiger charge is 2.29. The van der Waals surface area contributed by atoms with Crippen LogP contribution in [0, 0.1) is 41.5 Å². The number of aliphatic carboxylic acids is 1. The maximum Gasteiger partial charge on any atom is 0.394 e. The van der Waals surface area contributed by atoms with Gasteiger partial charge < -0.3 is 55.7 Å². The maximum atomic E-state index is 13.1. The van der Waals surface area contributed by atoms with Crippen molar-refractivity contribution in [3.05, 3.63) is 176 Å². The number of rotatable bonds is 39. The van der Waals surface area contributed by atoms with Crippen molar-refractivity contribution in [2.24, 2.45) is 5.73 Å². The molecule has 29 heteroatoms. The monoisotopic (exact) mass is 1570 g/mol. The van der Waals surface area contributed by atoms with Gasteiger partial charge in [0.05, 0.1) is 36.0 Å². The van der Waals surface area contributed by atoms with Gasteiger partial charge in [0.2, 0.25) is 41.6 Å². The fourth-order valence-electron chi connectivity index (χ4n) is 11.5. The fraction of sp³-hybridized carbons (Fsp3) is 0.475. The summed E-state index contributed by atoms with van der Waals surface area (Å²) in [5.74, 6) is -3.47. The Morgan fingerprint density at radius 2 is 0.578 bits per heavy atom. The van der Waals surface area contributed by atoms with Gasteiger partial charge in [-0.25, -0.2) is 30.0 Å². The van der Waals surface area contributed by atoms with E-state index in [1.54, 1.807) is 77.9 Å². The molecule has 26 nitrogen and oxygen atoms in total. The second-order valence-corrected chi connectivity index (χ2v) is 33.5. The number of hydrogen-bond acceptors (Lipinski definition) is 19. The highest BCUT2D eigenvalue weighted by atomic mass is 32.2. The number of carbonyl (C=O) groups excluding carboxylic acids is 5. The molecule has 0 aliphatic heterocycles. The van der Waals surface area contributed by atoms with Crippen LogP contribution in [0.15, 0.2) is 124 Å². The van der Waals surface area contributed by atoms with Gasteiger partial charge in [0, 0.05) is 79.8 Å². The second kappa shape index (κ2) is 46.9. The third-order valence-electron chi connectivity index (χ3n) is 17.6. The molecule has 6 rings (SSSR count). The minimum Gasteiger partial charge on any atom is -0.497 e. The van der Waals surface area contributed by atoms with Crippen molar-refractivity contribution in [2.45, 2.75) is 127 Å². The van der Waals surface area contributed by atoms with Gasteiger partial charge in [-0.1, -0.05) is 72.8 Å². The molecule has 0 saturated carbocycles. The molecule has 0 bridgehead atoms. The van der Waals surface area contributed by atoms with E-state index in [9.17, 15) is 54.0 Å². The summed E-state index contributed by atoms with van der Waals surface area (Å²) in [5, 5.41) is 15.7. The van der Waals surface area contributed by atoms with Crippen LogP contribution in [0.25, 0.3) is 0 Å². The summed E-state index contributed by atoms with van der Waals surface area (Å²) in [6, 6.07) is 34.8. The van der Waals surface area contributed by atoms with Crippen LogP contribution in [0.5, 0.6) is 17.2 Å². The molecule has 0 unspecified atom stereocenters. The normalized spacial score (nSPS) is 11.5. The van der Waals surface area contributed by atoms with Crippen LogP contribution >= 0.6 is 0 Å². The number of carboxylic acids is 1. The number of nitrogens with one attached hydrogen (secondary N) is 3. The molecular weight excluding hydrogens is 1450 g/mol. The van der Waals surface area contributed by atoms with Gasteiger partial charge in [0.1, 0.15) is 17.2 Å². The van der Waals surface area contributed by atoms with Gasteiger partial charge in [-0.15, -0.1) is 0 Å². The lowest BCUT2D eigenvalue weighted by Crippen LogP contribution is -2.39. The first-order valence-corrected chi connectivity index (χ1v) is 40.4. The quantitative estimate of drug-likeness (QED) is 0.0237. The van der Waals surface area contributed by atoms with E-state index in [0.29, 0.717) is 70.0 Å². The molecule has 6 N–H and O–H groups in total. The number of methoxy groups -OCH3 is 3. The number of likely N-dealkylation sites (N-methyl/N-ethyl adjacent to an activating group) is 3. The lowest BCUT2D eigenvalue weighted by molar-refractivity contribution is -0.150. The summed E-state index contributed by atoms with van der Waals surface area (Å²) in [4.78, 5) is 77.5. The minimum absolute atomic E-state index is 0.0379. The lowest BCUT2D eigenvalue weighted by atomic mass is 10.0. The van der Waals surface area contributed by atoms with Crippen molar-refractivity contribution in [3.63, 3.8) is 0 Å². The molecule has 0 fully saturated rings. The summed E-state index contributed by atoms with van der Waals surface area (Å²) in [5.41, 5.74) is 16.1. The topological polar surface area (TPSA) is 334 Å². The summed E-state index contributed by atoms with van der Waals surface area (Å²) < 4.78 is 96.4. The van der Waals surface area contributed by atoms with Crippen molar-refractivity contribution < 1.29 is 73.3 Å². The molecule has 0 spiro atoms. The van der Waals surface area contributed by atoms with Gasteiger partial charge in [-0.3, -0.25) is 24.0 Å². The summed E-state index contributed by atoms with van der Waals surface area (Å²) in [6.07, 6.45) is 7.71. The zero-order chi connectivity index (χ0) is 81.9. The molecule has 0 aliphatic rings. The predicted octanol–water partition coefficient (Wildman–Crippen LogP) is 7.26. The predicted molar refractivity (Wildman–Crippen MR) is 428 cm³/mol. The first-order chi connectivity index (χ1) is 51.2. The average Bonchev–Trinajstić information content (AvgIpc) is 0.796. The van der Waals surface area contributed by atoms with Crippen LogP contribution < -0.4 is 35.9 Å². The molecule has 0 radical (unpaired) electrons. The van der Waals surface area contributed by atoms with Gasteiger partial charge in [-0.2, -0.15) is 12.9 Å². The highest BCUT2D eigenvalue weighted by Crippen LogP contribution is 2.31. The highest BCUT2D eigenvalue weighted by molar-refractivity contribution is 7.89. The molecule has 6 aromatic rings. The van der Waals surface area contributed by atoms with E-state index in [1.165, 1.54) is 79.8 Å². The Labute approximate surface area is 648 Å². The number of carboxylic acid groups (broad SMARTS) is 1. The van der Waals surface area contributed by atoms with Crippen molar-refractivity contribution in [2.75, 3.05) is 144 Å². The molecule has 109 heavy (non-hydrogen) atoms. The smallest absolute Gasteiger partial charge is 0.394 e. The Bertz CT molecular complexity index is 4040. The fourth-order valence-corrected chi connectivity index (χ4v) is 16.2. The summed E-state index contributed by atoms with van der Waals surface area (Å²) in [6.45, 7) is 14.1. The van der Waals surface area contributed by atoms with Crippen LogP contribution in [0.4, 0.5) is 0 Å². The van der Waals surface area contributed by atoms with E-state index in [2.05, 4.69) is 121 Å². The number of benzene rings is 6. The molecule has 6 aromatic carbocycles. The number of sulfonamides is 3. The van der Waals surface area contributed by atoms with Gasteiger partial charge in [0.25, 0.3) is 11.8 Å². The number of hydrogen-bond donors (Lipinski definition) is 5. The van der Waals surface area contributed by atoms with Crippen molar-refractivity contribution in [1.82, 2.24) is 43.6 Å². The van der Waals surface area contributed by atoms with Crippen LogP contribution in [-0.2, 0) is 97.5 Å². The van der Waals surface area contributed by atoms with Gasteiger partial charge in [0.15, 0.2) is 0 Å². The van der Waals surface area contributed by atoms with Crippen molar-refractivity contribution >= 4 is 65.3 Å². The van der Waals surface area contributed by atoms with Crippen molar-refractivity contribution in [3.8, 4) is 17.2 Å². The van der Waals surface area contributed by atoms with Crippen LogP contribution in [0.3, 0.4) is 0 Å². The Morgan fingerprint density at radius 3 is 0.789 bits per heavy atom. The average molecular weight is 1570 g/mol. The number of amides is 3. The maximum absolute atomic E-state index is 13.1. The van der Waals surface area contributed by atoms with E-state index in [-0.39, 0.29) is 66.8 Å². The molecule has 602 valence electrons. The van der Waals surface area contributed by atoms with E-state index in [4.69, 9.17) is 25.1 Å². The number of nitrogens with zero attached hydrogens (tertiary/aromatic N) is 6. The third-order valence-corrected chi connectivity index (χ3v) is 24.1. The third kappa shape index (κ3) is 32.2. The number of ketones is 2. The lowest BCUT2D eigenvalue weighted by Gasteiger charge is -2.20. The first-order valence-electron chi connectivity index (χ1n) is 36.1. The zero-order valence-electron chi connectivity index (χ0n) is 67.1. The summed E-state index contributed by atoms with van der Waals surface area (Å²) >= 11 is 0. The Morgan fingerprint density at radius 1 is 0.358 bits per heavy atom. The number of carbonyl (C=O) groups is 6. The van der Waals surface area contributed by atoms with Crippen molar-refractivity contribution in [1.29, 1.82) is 0 Å². The van der Waals surface area contributed by atoms with Crippen LogP contribution in [0.1, 0.15) is 98.9 Å². The molecular formula is C80H118N10O16S3. The van der Waals surface area contributed by atoms with E-state index >= 15 is 0 Å². The molecule has 3 amide bonds. The van der Waals surface area contributed by atoms with Gasteiger partial charge >= 0.3 is 11.9 Å². The van der Waals surface area contributed by atoms with Crippen LogP contribution in [0.2, 0.25) is 0 Å². The molecule has 0 aliphatic carbocycles. The molecule has 0 atom stereocenters. The van der Waals surface area contributed by atoms with Crippen LogP contribution in [-0.4, -0.2) is 237 Å². The molecule has 0 heterocycles. The zero-order valence-corrected chi connectivity index (χ0v) is 69.5. The Balaban J connectivity index is 0.000000396. The van der Waals surface area contributed by atoms with E-state index < -0.39 is 65.3 Å². The largest absolute Gasteiger partial charge is 0.497 e. The SMILES string of the molecule is CN(C)CCCc1ccc(CN)cc1.COc1cc(C)c(S(=O)(=O)N(C)CCNC(=O)C(=O)CCc2ccc(CCCN(C)C)cc2)c(C)c1.COc1cc(C)c(S(=O)(=O)N(C)CCNC(=O)C(=O)CCc2ccc(CCCN(C)C)cc2)c(C)c1.COc1cc(C)c(S(=O)(=O)N(C)CCNC(=O)C(=O)O)c(C)c1. The Kier molecular flexibility index (Phi) is 40.7. The minimum atomic E-state index is -3.76. The molecule has 0 aromatic heterocycles. The number of aryl methyl sites for hydroxylation is 11. The number of nitrogens with two attached hydrogens (primary N) is 1.